The molecule has 16 heavy (non-hydrogen) atoms. The highest BCUT2D eigenvalue weighted by molar-refractivity contribution is 5.81. The first-order chi connectivity index (χ1) is 7.48. The van der Waals surface area contributed by atoms with Gasteiger partial charge in [-0.05, 0) is 24.0 Å². The zero-order chi connectivity index (χ0) is 11.8. The van der Waals surface area contributed by atoms with Crippen molar-refractivity contribution < 1.29 is 18.0 Å². The lowest BCUT2D eigenvalue weighted by atomic mass is 9.94. The summed E-state index contributed by atoms with van der Waals surface area (Å²) in [5.74, 6) is -0.292. The van der Waals surface area contributed by atoms with Crippen LogP contribution >= 0.6 is 0 Å². The molecule has 1 aromatic heterocycles. The molecule has 1 saturated carbocycles. The molecule has 1 heterocycles. The molecule has 0 amide bonds. The second-order valence-electron chi connectivity index (χ2n) is 3.94. The van der Waals surface area contributed by atoms with Gasteiger partial charge >= 0.3 is 6.18 Å². The van der Waals surface area contributed by atoms with Gasteiger partial charge in [0, 0.05) is 25.2 Å². The topological polar surface area (TPSA) is 30.0 Å². The van der Waals surface area contributed by atoms with E-state index in [0.29, 0.717) is 12.8 Å². The van der Waals surface area contributed by atoms with Gasteiger partial charge in [-0.3, -0.25) is 9.78 Å². The molecule has 0 spiro atoms. The van der Waals surface area contributed by atoms with E-state index in [-0.39, 0.29) is 23.7 Å². The number of carbonyl (C=O) groups excluding carboxylic acids is 1. The van der Waals surface area contributed by atoms with Gasteiger partial charge in [0.2, 0.25) is 0 Å². The second-order valence-corrected chi connectivity index (χ2v) is 3.94. The Labute approximate surface area is 90.5 Å². The van der Waals surface area contributed by atoms with E-state index in [1.807, 2.05) is 0 Å². The third-order valence-electron chi connectivity index (χ3n) is 2.84. The largest absolute Gasteiger partial charge is 0.416 e. The van der Waals surface area contributed by atoms with Crippen molar-refractivity contribution in [3.8, 4) is 0 Å². The fourth-order valence-electron chi connectivity index (χ4n) is 2.07. The molecule has 5 heteroatoms. The molecule has 0 N–H and O–H groups in total. The minimum atomic E-state index is -4.37. The Kier molecular flexibility index (Phi) is 2.69. The SMILES string of the molecule is O=C1CCC(c2cnccc2C(F)(F)F)C1. The van der Waals surface area contributed by atoms with E-state index in [2.05, 4.69) is 4.98 Å². The van der Waals surface area contributed by atoms with Crippen molar-refractivity contribution in [3.05, 3.63) is 29.6 Å². The molecule has 1 atom stereocenters. The minimum Gasteiger partial charge on any atom is -0.300 e. The molecule has 1 unspecified atom stereocenters. The molecular weight excluding hydrogens is 219 g/mol. The Morgan fingerprint density at radius 2 is 2.12 bits per heavy atom. The molecule has 2 nitrogen and oxygen atoms in total. The molecule has 0 bridgehead atoms. The van der Waals surface area contributed by atoms with E-state index in [9.17, 15) is 18.0 Å². The van der Waals surface area contributed by atoms with Crippen molar-refractivity contribution in [1.29, 1.82) is 0 Å². The van der Waals surface area contributed by atoms with Crippen LogP contribution in [0.4, 0.5) is 13.2 Å². The van der Waals surface area contributed by atoms with E-state index >= 15 is 0 Å². The molecule has 0 aliphatic heterocycles. The number of hydrogen-bond donors (Lipinski definition) is 0. The molecule has 1 aliphatic carbocycles. The van der Waals surface area contributed by atoms with E-state index in [4.69, 9.17) is 0 Å². The summed E-state index contributed by atoms with van der Waals surface area (Å²) in [6.07, 6.45) is -0.946. The van der Waals surface area contributed by atoms with Gasteiger partial charge in [-0.25, -0.2) is 0 Å². The highest BCUT2D eigenvalue weighted by Gasteiger charge is 2.36. The number of halogens is 3. The van der Waals surface area contributed by atoms with Crippen molar-refractivity contribution in [3.63, 3.8) is 0 Å². The van der Waals surface area contributed by atoms with Crippen molar-refractivity contribution >= 4 is 5.78 Å². The Morgan fingerprint density at radius 1 is 1.38 bits per heavy atom. The predicted octanol–water partition coefficient (Wildman–Crippen LogP) is 2.94. The standard InChI is InChI=1S/C11H10F3NO/c12-11(13,14)10-3-4-15-6-9(10)7-1-2-8(16)5-7/h3-4,6-7H,1-2,5H2. The maximum Gasteiger partial charge on any atom is 0.416 e. The maximum atomic E-state index is 12.7. The first-order valence-electron chi connectivity index (χ1n) is 5.01. The Morgan fingerprint density at radius 3 is 2.69 bits per heavy atom. The predicted molar refractivity (Wildman–Crippen MR) is 50.8 cm³/mol. The third kappa shape index (κ3) is 2.08. The summed E-state index contributed by atoms with van der Waals surface area (Å²) in [5.41, 5.74) is -0.511. The van der Waals surface area contributed by atoms with Crippen LogP contribution in [0.2, 0.25) is 0 Å². The van der Waals surface area contributed by atoms with Crippen LogP contribution < -0.4 is 0 Å². The maximum absolute atomic E-state index is 12.7. The van der Waals surface area contributed by atoms with E-state index in [1.165, 1.54) is 6.20 Å². The third-order valence-corrected chi connectivity index (χ3v) is 2.84. The van der Waals surface area contributed by atoms with Crippen LogP contribution in [-0.2, 0) is 11.0 Å². The molecule has 0 saturated heterocycles. The normalized spacial score (nSPS) is 21.4. The molecule has 0 radical (unpaired) electrons. The summed E-state index contributed by atoms with van der Waals surface area (Å²) in [5, 5.41) is 0. The average molecular weight is 229 g/mol. The molecule has 1 aromatic rings. The van der Waals surface area contributed by atoms with Gasteiger partial charge < -0.3 is 0 Å². The van der Waals surface area contributed by atoms with Gasteiger partial charge in [-0.1, -0.05) is 0 Å². The van der Waals surface area contributed by atoms with Crippen LogP contribution in [0.1, 0.15) is 36.3 Å². The van der Waals surface area contributed by atoms with Gasteiger partial charge in [0.25, 0.3) is 0 Å². The number of ketones is 1. The Hall–Kier alpha value is -1.39. The number of aromatic nitrogens is 1. The number of alkyl halides is 3. The van der Waals surface area contributed by atoms with Crippen LogP contribution in [-0.4, -0.2) is 10.8 Å². The van der Waals surface area contributed by atoms with Crippen LogP contribution in [0, 0.1) is 0 Å². The monoisotopic (exact) mass is 229 g/mol. The minimum absolute atomic E-state index is 0.0296. The smallest absolute Gasteiger partial charge is 0.300 e. The summed E-state index contributed by atoms with van der Waals surface area (Å²) in [6.45, 7) is 0. The number of nitrogens with zero attached hydrogens (tertiary/aromatic N) is 1. The summed E-state index contributed by atoms with van der Waals surface area (Å²) >= 11 is 0. The van der Waals surface area contributed by atoms with Gasteiger partial charge in [-0.15, -0.1) is 0 Å². The van der Waals surface area contributed by atoms with Gasteiger partial charge in [0.1, 0.15) is 5.78 Å². The van der Waals surface area contributed by atoms with Crippen molar-refractivity contribution in [2.45, 2.75) is 31.4 Å². The molecule has 1 fully saturated rings. The number of Topliss-reactive ketones (excluding diaryl/α,β-unsaturated/α-hetero) is 1. The van der Waals surface area contributed by atoms with Crippen molar-refractivity contribution in [1.82, 2.24) is 4.98 Å². The fraction of sp³-hybridized carbons (Fsp3) is 0.455. The van der Waals surface area contributed by atoms with Gasteiger partial charge in [0.15, 0.2) is 0 Å². The van der Waals surface area contributed by atoms with Gasteiger partial charge in [0.05, 0.1) is 5.56 Å². The molecular formula is C11H10F3NO. The van der Waals surface area contributed by atoms with E-state index < -0.39 is 11.7 Å². The molecule has 2 rings (SSSR count). The van der Waals surface area contributed by atoms with Crippen LogP contribution in [0.3, 0.4) is 0 Å². The Bertz CT molecular complexity index is 414. The number of hydrogen-bond acceptors (Lipinski definition) is 2. The Balaban J connectivity index is 2.37. The summed E-state index contributed by atoms with van der Waals surface area (Å²) in [4.78, 5) is 14.8. The van der Waals surface area contributed by atoms with E-state index in [1.54, 1.807) is 0 Å². The fourth-order valence-corrected chi connectivity index (χ4v) is 2.07. The van der Waals surface area contributed by atoms with Crippen LogP contribution in [0.5, 0.6) is 0 Å². The quantitative estimate of drug-likeness (QED) is 0.741. The summed E-state index contributed by atoms with van der Waals surface area (Å²) in [6, 6.07) is 0.970. The molecule has 1 aliphatic rings. The van der Waals surface area contributed by atoms with Crippen molar-refractivity contribution in [2.24, 2.45) is 0 Å². The highest BCUT2D eigenvalue weighted by Crippen LogP contribution is 2.39. The molecule has 86 valence electrons. The summed E-state index contributed by atoms with van der Waals surface area (Å²) in [7, 11) is 0. The number of rotatable bonds is 1. The number of pyridine rings is 1. The van der Waals surface area contributed by atoms with Crippen LogP contribution in [0.15, 0.2) is 18.5 Å². The zero-order valence-electron chi connectivity index (χ0n) is 8.42. The number of carbonyl (C=O) groups is 1. The zero-order valence-corrected chi connectivity index (χ0v) is 8.42. The summed E-state index contributed by atoms with van der Waals surface area (Å²) < 4.78 is 38.1. The van der Waals surface area contributed by atoms with Crippen LogP contribution in [0.25, 0.3) is 0 Å². The second kappa shape index (κ2) is 3.88. The molecule has 0 aromatic carbocycles. The van der Waals surface area contributed by atoms with Gasteiger partial charge in [-0.2, -0.15) is 13.2 Å². The average Bonchev–Trinajstić information content (AvgIpc) is 2.64. The highest BCUT2D eigenvalue weighted by atomic mass is 19.4. The lowest BCUT2D eigenvalue weighted by molar-refractivity contribution is -0.138. The van der Waals surface area contributed by atoms with Crippen molar-refractivity contribution in [2.75, 3.05) is 0 Å². The first kappa shape index (κ1) is 11.1. The lowest BCUT2D eigenvalue weighted by Crippen LogP contribution is -2.11. The first-order valence-corrected chi connectivity index (χ1v) is 5.01. The lowest BCUT2D eigenvalue weighted by Gasteiger charge is -2.15. The van der Waals surface area contributed by atoms with E-state index in [0.717, 1.165) is 12.3 Å².